The number of methoxy groups -OCH3 is 2. The molecule has 1 aromatic rings. The molecule has 1 aromatic carbocycles. The predicted molar refractivity (Wildman–Crippen MR) is 54.7 cm³/mol. The maximum absolute atomic E-state index is 10.9. The zero-order valence-corrected chi connectivity index (χ0v) is 8.77. The molecule has 4 nitrogen and oxygen atoms in total. The third-order valence-electron chi connectivity index (χ3n) is 2.06. The zero-order chi connectivity index (χ0) is 11.3. The van der Waals surface area contributed by atoms with Gasteiger partial charge in [-0.05, 0) is 17.7 Å². The minimum absolute atomic E-state index is 0.247. The number of carbonyl (C=O) groups excluding carboxylic acids is 1. The summed E-state index contributed by atoms with van der Waals surface area (Å²) in [6.45, 7) is 0. The number of rotatable bonds is 4. The number of carbonyl (C=O) groups is 1. The lowest BCUT2D eigenvalue weighted by Gasteiger charge is -2.08. The van der Waals surface area contributed by atoms with Crippen LogP contribution in [0.15, 0.2) is 24.3 Å². The van der Waals surface area contributed by atoms with Crippen molar-refractivity contribution >= 4 is 5.97 Å². The number of benzene rings is 1. The molecule has 0 aliphatic heterocycles. The third kappa shape index (κ3) is 3.25. The number of aliphatic hydroxyl groups is 1. The summed E-state index contributed by atoms with van der Waals surface area (Å²) in [6, 6.07) is 7.15. The second-order valence-electron chi connectivity index (χ2n) is 3.09. The van der Waals surface area contributed by atoms with Crippen molar-refractivity contribution in [3.63, 3.8) is 0 Å². The molecule has 82 valence electrons. The number of aliphatic hydroxyl groups excluding tert-OH is 1. The largest absolute Gasteiger partial charge is 0.497 e. The molecule has 15 heavy (non-hydrogen) atoms. The van der Waals surface area contributed by atoms with Crippen molar-refractivity contribution in [2.45, 2.75) is 12.5 Å². The molecule has 0 bridgehead atoms. The number of hydrogen-bond donors (Lipinski definition) is 1. The van der Waals surface area contributed by atoms with Gasteiger partial charge in [-0.25, -0.2) is 4.79 Å². The highest BCUT2D eigenvalue weighted by Gasteiger charge is 2.15. The first-order chi connectivity index (χ1) is 7.17. The summed E-state index contributed by atoms with van der Waals surface area (Å²) in [4.78, 5) is 10.9. The van der Waals surface area contributed by atoms with Gasteiger partial charge in [-0.15, -0.1) is 0 Å². The van der Waals surface area contributed by atoms with Crippen LogP contribution in [-0.4, -0.2) is 31.4 Å². The van der Waals surface area contributed by atoms with Gasteiger partial charge in [0, 0.05) is 6.42 Å². The van der Waals surface area contributed by atoms with Crippen molar-refractivity contribution in [2.75, 3.05) is 14.2 Å². The third-order valence-corrected chi connectivity index (χ3v) is 2.06. The van der Waals surface area contributed by atoms with Crippen molar-refractivity contribution in [1.29, 1.82) is 0 Å². The van der Waals surface area contributed by atoms with E-state index in [1.807, 2.05) is 0 Å². The molecule has 0 aliphatic carbocycles. The second kappa shape index (κ2) is 5.36. The summed E-state index contributed by atoms with van der Waals surface area (Å²) < 4.78 is 9.40. The number of ether oxygens (including phenoxy) is 2. The quantitative estimate of drug-likeness (QED) is 0.746. The molecule has 0 aromatic heterocycles. The monoisotopic (exact) mass is 210 g/mol. The van der Waals surface area contributed by atoms with Crippen LogP contribution in [0.2, 0.25) is 0 Å². The Morgan fingerprint density at radius 2 is 1.93 bits per heavy atom. The molecule has 1 atom stereocenters. The van der Waals surface area contributed by atoms with Crippen LogP contribution in [0, 0.1) is 0 Å². The van der Waals surface area contributed by atoms with E-state index < -0.39 is 12.1 Å². The summed E-state index contributed by atoms with van der Waals surface area (Å²) in [5.41, 5.74) is 0.855. The van der Waals surface area contributed by atoms with E-state index >= 15 is 0 Å². The lowest BCUT2D eigenvalue weighted by Crippen LogP contribution is -2.23. The van der Waals surface area contributed by atoms with Gasteiger partial charge < -0.3 is 14.6 Å². The predicted octanol–water partition coefficient (Wildman–Crippen LogP) is 0.772. The van der Waals surface area contributed by atoms with E-state index in [1.54, 1.807) is 31.4 Å². The Morgan fingerprint density at radius 3 is 2.40 bits per heavy atom. The van der Waals surface area contributed by atoms with Crippen LogP contribution in [0.4, 0.5) is 0 Å². The average Bonchev–Trinajstić information content (AvgIpc) is 2.29. The Hall–Kier alpha value is -1.55. The second-order valence-corrected chi connectivity index (χ2v) is 3.09. The van der Waals surface area contributed by atoms with Gasteiger partial charge in [-0.2, -0.15) is 0 Å². The smallest absolute Gasteiger partial charge is 0.335 e. The molecule has 0 saturated carbocycles. The van der Waals surface area contributed by atoms with E-state index in [1.165, 1.54) is 7.11 Å². The van der Waals surface area contributed by atoms with E-state index in [0.29, 0.717) is 0 Å². The Balaban J connectivity index is 2.60. The SMILES string of the molecule is COC(=O)C(O)Cc1ccc(OC)cc1. The molecule has 0 heterocycles. The van der Waals surface area contributed by atoms with Gasteiger partial charge in [0.1, 0.15) is 5.75 Å². The number of esters is 1. The number of hydrogen-bond acceptors (Lipinski definition) is 4. The molecule has 0 aliphatic rings. The van der Waals surface area contributed by atoms with Crippen molar-refractivity contribution in [2.24, 2.45) is 0 Å². The van der Waals surface area contributed by atoms with Gasteiger partial charge in [0.05, 0.1) is 14.2 Å². The fraction of sp³-hybridized carbons (Fsp3) is 0.364. The van der Waals surface area contributed by atoms with E-state index in [9.17, 15) is 9.90 Å². The van der Waals surface area contributed by atoms with Crippen LogP contribution in [0.5, 0.6) is 5.75 Å². The maximum atomic E-state index is 10.9. The first-order valence-electron chi connectivity index (χ1n) is 4.56. The van der Waals surface area contributed by atoms with Gasteiger partial charge in [-0.3, -0.25) is 0 Å². The molecule has 1 N–H and O–H groups in total. The van der Waals surface area contributed by atoms with Crippen LogP contribution < -0.4 is 4.74 Å². The summed E-state index contributed by atoms with van der Waals surface area (Å²) >= 11 is 0. The Bertz CT molecular complexity index is 318. The Kier molecular flexibility index (Phi) is 4.12. The minimum atomic E-state index is -1.11. The standard InChI is InChI=1S/C11H14O4/c1-14-9-5-3-8(4-6-9)7-10(12)11(13)15-2/h3-6,10,12H,7H2,1-2H3. The lowest BCUT2D eigenvalue weighted by molar-refractivity contribution is -0.150. The topological polar surface area (TPSA) is 55.8 Å². The molecule has 0 radical (unpaired) electrons. The minimum Gasteiger partial charge on any atom is -0.497 e. The Labute approximate surface area is 88.4 Å². The summed E-state index contributed by atoms with van der Waals surface area (Å²) in [5, 5.41) is 9.39. The van der Waals surface area contributed by atoms with Crippen molar-refractivity contribution < 1.29 is 19.4 Å². The van der Waals surface area contributed by atoms with E-state index in [2.05, 4.69) is 4.74 Å². The first-order valence-corrected chi connectivity index (χ1v) is 4.56. The molecule has 1 rings (SSSR count). The van der Waals surface area contributed by atoms with Crippen molar-refractivity contribution in [3.05, 3.63) is 29.8 Å². The summed E-state index contributed by atoms with van der Waals surface area (Å²) in [7, 11) is 2.83. The molecule has 4 heteroatoms. The van der Waals surface area contributed by atoms with E-state index in [0.717, 1.165) is 11.3 Å². The van der Waals surface area contributed by atoms with Crippen LogP contribution >= 0.6 is 0 Å². The summed E-state index contributed by atoms with van der Waals surface area (Å²) in [6.07, 6.45) is -0.861. The molecule has 0 fully saturated rings. The molecule has 0 amide bonds. The van der Waals surface area contributed by atoms with E-state index in [4.69, 9.17) is 4.74 Å². The van der Waals surface area contributed by atoms with Crippen LogP contribution in [0.25, 0.3) is 0 Å². The molecule has 1 unspecified atom stereocenters. The van der Waals surface area contributed by atoms with Crippen molar-refractivity contribution in [1.82, 2.24) is 0 Å². The Morgan fingerprint density at radius 1 is 1.33 bits per heavy atom. The van der Waals surface area contributed by atoms with Gasteiger partial charge in [0.25, 0.3) is 0 Å². The van der Waals surface area contributed by atoms with Gasteiger partial charge in [0.15, 0.2) is 6.10 Å². The lowest BCUT2D eigenvalue weighted by atomic mass is 10.1. The molecular weight excluding hydrogens is 196 g/mol. The first kappa shape index (κ1) is 11.5. The highest BCUT2D eigenvalue weighted by Crippen LogP contribution is 2.12. The average molecular weight is 210 g/mol. The highest BCUT2D eigenvalue weighted by atomic mass is 16.5. The molecule has 0 spiro atoms. The van der Waals surface area contributed by atoms with Crippen LogP contribution in [-0.2, 0) is 16.0 Å². The van der Waals surface area contributed by atoms with Crippen LogP contribution in [0.3, 0.4) is 0 Å². The van der Waals surface area contributed by atoms with E-state index in [-0.39, 0.29) is 6.42 Å². The van der Waals surface area contributed by atoms with Gasteiger partial charge in [-0.1, -0.05) is 12.1 Å². The maximum Gasteiger partial charge on any atom is 0.335 e. The zero-order valence-electron chi connectivity index (χ0n) is 8.77. The van der Waals surface area contributed by atoms with Gasteiger partial charge >= 0.3 is 5.97 Å². The molecule has 0 saturated heterocycles. The highest BCUT2D eigenvalue weighted by molar-refractivity contribution is 5.74. The fourth-order valence-electron chi connectivity index (χ4n) is 1.20. The van der Waals surface area contributed by atoms with Gasteiger partial charge in [0.2, 0.25) is 0 Å². The summed E-state index contributed by atoms with van der Waals surface area (Å²) in [5.74, 6) is 0.122. The molecular formula is C11H14O4. The normalized spacial score (nSPS) is 11.9. The van der Waals surface area contributed by atoms with Crippen molar-refractivity contribution in [3.8, 4) is 5.75 Å². The van der Waals surface area contributed by atoms with Crippen LogP contribution in [0.1, 0.15) is 5.56 Å². The fourth-order valence-corrected chi connectivity index (χ4v) is 1.20.